The molecule has 0 unspecified atom stereocenters. The Labute approximate surface area is 660 Å². The summed E-state index contributed by atoms with van der Waals surface area (Å²) in [6, 6.07) is 140. The van der Waals surface area contributed by atoms with Gasteiger partial charge >= 0.3 is 0 Å². The Kier molecular flexibility index (Phi) is 16.8. The fourth-order valence-corrected chi connectivity index (χ4v) is 17.3. The van der Waals surface area contributed by atoms with Gasteiger partial charge in [0.25, 0.3) is 0 Å². The molecule has 0 aliphatic carbocycles. The van der Waals surface area contributed by atoms with Crippen molar-refractivity contribution < 1.29 is 4.42 Å². The van der Waals surface area contributed by atoms with E-state index >= 15 is 0 Å². The van der Waals surface area contributed by atoms with Gasteiger partial charge in [0, 0.05) is 121 Å². The van der Waals surface area contributed by atoms with Gasteiger partial charge in [-0.25, -0.2) is 29.9 Å². The van der Waals surface area contributed by atoms with E-state index in [1.54, 1.807) is 11.3 Å². The monoisotopic (exact) mass is 1480 g/mol. The lowest BCUT2D eigenvalue weighted by molar-refractivity contribution is 0.669. The average molecular weight is 1480 g/mol. The molecule has 12 heteroatoms. The van der Waals surface area contributed by atoms with Gasteiger partial charge in [-0.2, -0.15) is 0 Å². The first-order chi connectivity index (χ1) is 56.5. The summed E-state index contributed by atoms with van der Waals surface area (Å²) in [4.78, 5) is 34.7. The number of furan rings is 1. The maximum atomic E-state index is 6.43. The second-order valence-corrected chi connectivity index (χ2v) is 29.1. The maximum absolute atomic E-state index is 6.43. The van der Waals surface area contributed by atoms with Gasteiger partial charge in [-0.15, -0.1) is 11.3 Å². The molecule has 22 aromatic rings. The van der Waals surface area contributed by atoms with Crippen LogP contribution < -0.4 is 9.80 Å². The number of fused-ring (bicyclic) bond motifs is 12. The number of aromatic nitrogens is 8. The molecule has 6 aromatic heterocycles. The average Bonchev–Trinajstić information content (AvgIpc) is 1.55. The molecule has 16 aromatic carbocycles. The van der Waals surface area contributed by atoms with Gasteiger partial charge in [0.15, 0.2) is 34.9 Å². The maximum Gasteiger partial charge on any atom is 0.165 e. The number of nitrogens with zero attached hydrogens (tertiary/aromatic N) is 10. The van der Waals surface area contributed by atoms with E-state index in [-0.39, 0.29) is 0 Å². The molecule has 114 heavy (non-hydrogen) atoms. The normalized spacial score (nSPS) is 11.5. The van der Waals surface area contributed by atoms with Crippen LogP contribution in [-0.2, 0) is 0 Å². The van der Waals surface area contributed by atoms with Gasteiger partial charge in [-0.1, -0.05) is 255 Å². The molecule has 0 spiro atoms. The topological polar surface area (TPSA) is 107 Å². The van der Waals surface area contributed by atoms with E-state index in [0.29, 0.717) is 34.9 Å². The number of anilines is 6. The zero-order valence-corrected chi connectivity index (χ0v) is 62.2. The van der Waals surface area contributed by atoms with Crippen molar-refractivity contribution in [1.82, 2.24) is 39.0 Å². The smallest absolute Gasteiger partial charge is 0.165 e. The largest absolute Gasteiger partial charge is 0.456 e. The first-order valence-electron chi connectivity index (χ1n) is 38.1. The molecule has 0 amide bonds. The lowest BCUT2D eigenvalue weighted by Crippen LogP contribution is -2.09. The fourth-order valence-electron chi connectivity index (χ4n) is 16.0. The third kappa shape index (κ3) is 12.1. The van der Waals surface area contributed by atoms with E-state index < -0.39 is 0 Å². The van der Waals surface area contributed by atoms with Gasteiger partial charge in [0.05, 0.1) is 32.5 Å². The summed E-state index contributed by atoms with van der Waals surface area (Å²) in [5.74, 6) is 3.83. The number of para-hydroxylation sites is 6. The van der Waals surface area contributed by atoms with E-state index in [1.807, 2.05) is 109 Å². The van der Waals surface area contributed by atoms with Crippen molar-refractivity contribution in [3.05, 3.63) is 400 Å². The minimum Gasteiger partial charge on any atom is -0.456 e. The molecule has 11 nitrogen and oxygen atoms in total. The van der Waals surface area contributed by atoms with Crippen LogP contribution in [0.5, 0.6) is 0 Å². The Morgan fingerprint density at radius 2 is 0.570 bits per heavy atom. The van der Waals surface area contributed by atoms with E-state index in [0.717, 1.165) is 122 Å². The first kappa shape index (κ1) is 66.9. The Morgan fingerprint density at radius 3 is 1.04 bits per heavy atom. The number of thiophene rings is 1. The van der Waals surface area contributed by atoms with Crippen LogP contribution in [-0.4, -0.2) is 39.0 Å². The lowest BCUT2D eigenvalue weighted by atomic mass is 10.1. The van der Waals surface area contributed by atoms with Crippen LogP contribution in [0, 0.1) is 0 Å². The minimum atomic E-state index is 0.605. The highest BCUT2D eigenvalue weighted by Crippen LogP contribution is 2.47. The second kappa shape index (κ2) is 28.6. The predicted octanol–water partition coefficient (Wildman–Crippen LogP) is 27.1. The van der Waals surface area contributed by atoms with Gasteiger partial charge in [0.2, 0.25) is 0 Å². The van der Waals surface area contributed by atoms with Crippen molar-refractivity contribution in [3.63, 3.8) is 0 Å². The van der Waals surface area contributed by atoms with Gasteiger partial charge < -0.3 is 23.4 Å². The SMILES string of the molecule is c1ccc(-c2nc(-c3ccccc3)nc(-c3ccc4oc5ccc(-n6c7ccccc7c7cc(N(c8ccccc8)c8ccccc8)ccc76)cc5c4c3)n2)cc1.c1ccc(-c2nc(-c3ccccc3)nc(-c3cccc4c3sc3c(-n5c6ccccc6c6cc(N(c7ccccc7)c7ccccc7)ccc65)cccc34)n2)cc1. The Morgan fingerprint density at radius 1 is 0.219 bits per heavy atom. The predicted molar refractivity (Wildman–Crippen MR) is 470 cm³/mol. The third-order valence-corrected chi connectivity index (χ3v) is 22.5. The van der Waals surface area contributed by atoms with E-state index in [1.165, 1.54) is 42.5 Å². The second-order valence-electron chi connectivity index (χ2n) is 28.1. The van der Waals surface area contributed by atoms with Crippen LogP contribution >= 0.6 is 11.3 Å². The van der Waals surface area contributed by atoms with Gasteiger partial charge in [-0.3, -0.25) is 0 Å². The summed E-state index contributed by atoms with van der Waals surface area (Å²) in [7, 11) is 0. The van der Waals surface area contributed by atoms with Crippen LogP contribution in [0.4, 0.5) is 34.1 Å². The molecular weight excluding hydrogens is 1410 g/mol. The van der Waals surface area contributed by atoms with Crippen molar-refractivity contribution in [2.75, 3.05) is 9.80 Å². The standard InChI is InChI=1S/C51H33N5O.C51H33N5S/c1-5-15-34(16-6-1)49-52-50(35-17-7-2-8-18-35)54-51(53-49)36-25-29-47-43(31-36)44-33-40(27-30-48(44)57-47)56-45-24-14-13-23-41(45)42-32-39(26-28-46(42)56)55(37-19-9-3-10-20-37)38-21-11-4-12-22-38;1-5-17-34(18-6-1)49-52-50(35-19-7-2-8-20-35)54-51(53-49)42-28-15-26-40-41-27-16-30-46(48(41)57-47(40)42)56-44-29-14-13-25-39(44)43-33-38(31-32-45(43)56)55(36-21-9-3-10-22-36)37-23-11-4-12-24-37/h2*1-33H. The number of hydrogen-bond donors (Lipinski definition) is 0. The Bertz CT molecular complexity index is 7150. The number of hydrogen-bond acceptors (Lipinski definition) is 10. The summed E-state index contributed by atoms with van der Waals surface area (Å²) in [5, 5.41) is 9.18. The van der Waals surface area contributed by atoms with Crippen LogP contribution in [0.15, 0.2) is 405 Å². The Balaban J connectivity index is 0.000000143. The first-order valence-corrected chi connectivity index (χ1v) is 38.9. The molecular formula is C102H66N10OS. The molecule has 0 atom stereocenters. The van der Waals surface area contributed by atoms with E-state index in [4.69, 9.17) is 34.3 Å². The lowest BCUT2D eigenvalue weighted by Gasteiger charge is -2.25. The quantitative estimate of drug-likeness (QED) is 0.105. The van der Waals surface area contributed by atoms with Crippen molar-refractivity contribution in [2.45, 2.75) is 0 Å². The molecule has 0 fully saturated rings. The molecule has 536 valence electrons. The molecule has 0 saturated heterocycles. The molecule has 0 bridgehead atoms. The summed E-state index contributed by atoms with van der Waals surface area (Å²) >= 11 is 1.80. The van der Waals surface area contributed by atoms with Crippen molar-refractivity contribution >= 4 is 131 Å². The highest BCUT2D eigenvalue weighted by atomic mass is 32.1. The molecule has 0 radical (unpaired) electrons. The summed E-state index contributed by atoms with van der Waals surface area (Å²) < 4.78 is 13.6. The third-order valence-electron chi connectivity index (χ3n) is 21.2. The minimum absolute atomic E-state index is 0.605. The van der Waals surface area contributed by atoms with Crippen molar-refractivity contribution in [3.8, 4) is 79.7 Å². The Hall–Kier alpha value is -15.2. The summed E-state index contributed by atoms with van der Waals surface area (Å²) in [6.45, 7) is 0. The van der Waals surface area contributed by atoms with Crippen LogP contribution in [0.3, 0.4) is 0 Å². The number of rotatable bonds is 14. The van der Waals surface area contributed by atoms with Crippen molar-refractivity contribution in [2.24, 2.45) is 0 Å². The van der Waals surface area contributed by atoms with Crippen LogP contribution in [0.1, 0.15) is 0 Å². The van der Waals surface area contributed by atoms with E-state index in [9.17, 15) is 0 Å². The molecule has 0 aliphatic rings. The van der Waals surface area contributed by atoms with Crippen molar-refractivity contribution in [1.29, 1.82) is 0 Å². The molecule has 22 rings (SSSR count). The number of benzene rings is 16. The van der Waals surface area contributed by atoms with Gasteiger partial charge in [-0.05, 0) is 146 Å². The molecule has 0 N–H and O–H groups in total. The zero-order valence-electron chi connectivity index (χ0n) is 61.4. The van der Waals surface area contributed by atoms with E-state index in [2.05, 4.69) is 310 Å². The summed E-state index contributed by atoms with van der Waals surface area (Å²) in [5.41, 5.74) is 20.7. The zero-order chi connectivity index (χ0) is 75.4. The molecule has 0 saturated carbocycles. The molecule has 6 heterocycles. The van der Waals surface area contributed by atoms with Crippen LogP contribution in [0.2, 0.25) is 0 Å². The molecule has 0 aliphatic heterocycles. The highest BCUT2D eigenvalue weighted by Gasteiger charge is 2.25. The fraction of sp³-hybridized carbons (Fsp3) is 0. The highest BCUT2D eigenvalue weighted by molar-refractivity contribution is 7.26. The van der Waals surface area contributed by atoms with Gasteiger partial charge in [0.1, 0.15) is 11.2 Å². The van der Waals surface area contributed by atoms with Crippen LogP contribution in [0.25, 0.3) is 165 Å². The summed E-state index contributed by atoms with van der Waals surface area (Å²) in [6.07, 6.45) is 0.